The molecule has 15 heteroatoms. The van der Waals surface area contributed by atoms with E-state index in [0.29, 0.717) is 44.6 Å². The Bertz CT molecular complexity index is 1750. The van der Waals surface area contributed by atoms with Crippen molar-refractivity contribution in [3.8, 4) is 17.3 Å². The number of β-amino-alcohol motifs (C(OH)–C–C–N with tert-alkyl or cyclic N) is 1. The van der Waals surface area contributed by atoms with Crippen LogP contribution in [0.3, 0.4) is 0 Å². The van der Waals surface area contributed by atoms with Gasteiger partial charge in [0.05, 0.1) is 35.0 Å². The normalized spacial score (nSPS) is 23.3. The Morgan fingerprint density at radius 1 is 1.12 bits per heavy atom. The minimum atomic E-state index is -4.91. The molecule has 4 aliphatic rings. The molecule has 1 aromatic carbocycles. The van der Waals surface area contributed by atoms with Gasteiger partial charge in [-0.25, -0.2) is 8.78 Å². The first-order valence-electron chi connectivity index (χ1n) is 16.7. The molecule has 9 nitrogen and oxygen atoms in total. The second-order valence-corrected chi connectivity index (χ2v) is 14.5. The molecule has 264 valence electrons. The number of aliphatic hydroxyl groups is 1. The van der Waals surface area contributed by atoms with E-state index in [4.69, 9.17) is 27.1 Å². The molecule has 7 rings (SSSR count). The second kappa shape index (κ2) is 13.1. The minimum Gasteiger partial charge on any atom is -0.463 e. The van der Waals surface area contributed by atoms with Gasteiger partial charge in [0.2, 0.25) is 0 Å². The van der Waals surface area contributed by atoms with E-state index < -0.39 is 39.9 Å². The first-order chi connectivity index (χ1) is 23.3. The number of pyridine rings is 1. The number of benzene rings is 1. The SMILES string of the molecule is C[C@@H](O)CN1CC2CCC(C1)N2c1nc(OCC2(CN3CCC(=CF)CC3)CC2)nc2c(F)c(-c3cc(N)cc(Cl)c3C(F)(F)F)ncc12. The fourth-order valence-corrected chi connectivity index (χ4v) is 8.09. The Kier molecular flexibility index (Phi) is 9.12. The molecule has 0 amide bonds. The highest BCUT2D eigenvalue weighted by molar-refractivity contribution is 6.32. The Labute approximate surface area is 285 Å². The molecule has 3 saturated heterocycles. The molecule has 0 radical (unpaired) electrons. The lowest BCUT2D eigenvalue weighted by Gasteiger charge is -2.42. The summed E-state index contributed by atoms with van der Waals surface area (Å²) in [5, 5.41) is 9.61. The number of piperidine rings is 1. The fraction of sp³-hybridized carbons (Fsp3) is 0.559. The molecule has 2 aromatic heterocycles. The van der Waals surface area contributed by atoms with Crippen molar-refractivity contribution in [2.24, 2.45) is 5.41 Å². The zero-order valence-corrected chi connectivity index (χ0v) is 27.9. The summed E-state index contributed by atoms with van der Waals surface area (Å²) in [5.74, 6) is -0.653. The van der Waals surface area contributed by atoms with Crippen molar-refractivity contribution >= 4 is 34.0 Å². The summed E-state index contributed by atoms with van der Waals surface area (Å²) in [6, 6.07) is 1.93. The second-order valence-electron chi connectivity index (χ2n) is 14.1. The van der Waals surface area contributed by atoms with Crippen molar-refractivity contribution in [2.75, 3.05) is 56.5 Å². The number of anilines is 2. The monoisotopic (exact) mass is 707 g/mol. The van der Waals surface area contributed by atoms with Gasteiger partial charge in [-0.1, -0.05) is 11.6 Å². The zero-order valence-electron chi connectivity index (χ0n) is 27.1. The Hall–Kier alpha value is -3.33. The van der Waals surface area contributed by atoms with Crippen molar-refractivity contribution < 1.29 is 31.8 Å². The van der Waals surface area contributed by atoms with Crippen LogP contribution >= 0.6 is 11.6 Å². The van der Waals surface area contributed by atoms with E-state index >= 15 is 4.39 Å². The molecule has 49 heavy (non-hydrogen) atoms. The number of likely N-dealkylation sites (tertiary alicyclic amines) is 2. The molecule has 3 aliphatic heterocycles. The number of aliphatic hydroxyl groups excluding tert-OH is 1. The fourth-order valence-electron chi connectivity index (χ4n) is 7.76. The lowest BCUT2D eigenvalue weighted by Crippen LogP contribution is -2.55. The molecule has 1 saturated carbocycles. The van der Waals surface area contributed by atoms with Crippen LogP contribution in [0.4, 0.5) is 33.5 Å². The van der Waals surface area contributed by atoms with Gasteiger partial charge in [0.25, 0.3) is 0 Å². The number of nitrogens with zero attached hydrogens (tertiary/aromatic N) is 6. The van der Waals surface area contributed by atoms with Crippen LogP contribution in [0.15, 0.2) is 30.2 Å². The number of hydrogen-bond acceptors (Lipinski definition) is 9. The van der Waals surface area contributed by atoms with Crippen LogP contribution < -0.4 is 15.4 Å². The summed E-state index contributed by atoms with van der Waals surface area (Å²) < 4.78 is 78.5. The van der Waals surface area contributed by atoms with Gasteiger partial charge in [0, 0.05) is 74.2 Å². The first-order valence-corrected chi connectivity index (χ1v) is 17.1. The smallest absolute Gasteiger partial charge is 0.418 e. The van der Waals surface area contributed by atoms with Crippen LogP contribution in [0.25, 0.3) is 22.2 Å². The van der Waals surface area contributed by atoms with Crippen LogP contribution in [0.5, 0.6) is 6.01 Å². The Balaban J connectivity index is 1.26. The van der Waals surface area contributed by atoms with Gasteiger partial charge >= 0.3 is 12.2 Å². The molecule has 3 atom stereocenters. The van der Waals surface area contributed by atoms with Crippen molar-refractivity contribution in [3.05, 3.63) is 46.6 Å². The minimum absolute atomic E-state index is 0.00730. The van der Waals surface area contributed by atoms with Crippen LogP contribution in [0, 0.1) is 11.2 Å². The van der Waals surface area contributed by atoms with E-state index in [9.17, 15) is 22.7 Å². The average molecular weight is 708 g/mol. The topological polar surface area (TPSA) is 104 Å². The highest BCUT2D eigenvalue weighted by Crippen LogP contribution is 2.48. The summed E-state index contributed by atoms with van der Waals surface area (Å²) in [5.41, 5.74) is 3.83. The number of rotatable bonds is 9. The average Bonchev–Trinajstić information content (AvgIpc) is 3.75. The van der Waals surface area contributed by atoms with Gasteiger partial charge in [-0.2, -0.15) is 23.1 Å². The van der Waals surface area contributed by atoms with E-state index in [2.05, 4.69) is 24.7 Å². The standard InChI is InChI=1S/C34H39ClF5N7O2/c1-19(48)14-46-15-22-2-3-23(16-46)47(22)31-25-13-42-29(24-10-21(41)11-26(35)27(24)34(38,39)40)28(37)30(25)43-32(44-31)49-18-33(6-7-33)17-45-8-4-20(12-36)5-9-45/h10-13,19,22-23,48H,2-9,14-18,41H2,1H3/t19-,22?,23?/m1/s1. The largest absolute Gasteiger partial charge is 0.463 e. The number of nitrogens with two attached hydrogens (primary N) is 1. The van der Waals surface area contributed by atoms with Gasteiger partial charge in [-0.05, 0) is 63.2 Å². The van der Waals surface area contributed by atoms with Crippen LogP contribution in [0.1, 0.15) is 51.0 Å². The predicted octanol–water partition coefficient (Wildman–Crippen LogP) is 6.23. The van der Waals surface area contributed by atoms with Crippen LogP contribution in [-0.2, 0) is 6.18 Å². The highest BCUT2D eigenvalue weighted by Gasteiger charge is 2.46. The summed E-state index contributed by atoms with van der Waals surface area (Å²) >= 11 is 6.00. The van der Waals surface area contributed by atoms with Crippen molar-refractivity contribution in [3.63, 3.8) is 0 Å². The van der Waals surface area contributed by atoms with E-state index in [1.807, 2.05) is 0 Å². The summed E-state index contributed by atoms with van der Waals surface area (Å²) in [7, 11) is 0. The molecule has 2 unspecified atom stereocenters. The third-order valence-electron chi connectivity index (χ3n) is 10.3. The quantitative estimate of drug-likeness (QED) is 0.198. The van der Waals surface area contributed by atoms with Crippen molar-refractivity contribution in [2.45, 2.75) is 69.8 Å². The first kappa shape index (κ1) is 34.1. The third-order valence-corrected chi connectivity index (χ3v) is 10.6. The summed E-state index contributed by atoms with van der Waals surface area (Å²) in [4.78, 5) is 20.1. The summed E-state index contributed by atoms with van der Waals surface area (Å²) in [6.07, 6.45) is 1.52. The maximum absolute atomic E-state index is 16.6. The third kappa shape index (κ3) is 6.89. The Morgan fingerprint density at radius 2 is 1.82 bits per heavy atom. The molecular formula is C34H39ClF5N7O2. The van der Waals surface area contributed by atoms with Crippen molar-refractivity contribution in [1.82, 2.24) is 24.8 Å². The zero-order chi connectivity index (χ0) is 34.7. The van der Waals surface area contributed by atoms with Gasteiger partial charge in [-0.15, -0.1) is 0 Å². The van der Waals surface area contributed by atoms with Gasteiger partial charge in [0.1, 0.15) is 17.0 Å². The molecule has 5 heterocycles. The number of fused-ring (bicyclic) bond motifs is 3. The van der Waals surface area contributed by atoms with E-state index in [-0.39, 0.29) is 46.7 Å². The molecule has 4 fully saturated rings. The number of ether oxygens (including phenoxy) is 1. The van der Waals surface area contributed by atoms with E-state index in [0.717, 1.165) is 63.0 Å². The predicted molar refractivity (Wildman–Crippen MR) is 177 cm³/mol. The van der Waals surface area contributed by atoms with Gasteiger partial charge in [0.15, 0.2) is 5.82 Å². The molecule has 3 aromatic rings. The van der Waals surface area contributed by atoms with Crippen molar-refractivity contribution in [1.29, 1.82) is 0 Å². The number of aromatic nitrogens is 3. The molecule has 2 bridgehead atoms. The Morgan fingerprint density at radius 3 is 2.43 bits per heavy atom. The summed E-state index contributed by atoms with van der Waals surface area (Å²) in [6.45, 7) is 6.14. The van der Waals surface area contributed by atoms with E-state index in [1.165, 1.54) is 6.20 Å². The molecule has 1 aliphatic carbocycles. The number of halogens is 6. The van der Waals surface area contributed by atoms with Gasteiger partial charge in [-0.3, -0.25) is 9.88 Å². The van der Waals surface area contributed by atoms with Crippen LogP contribution in [-0.4, -0.2) is 93.9 Å². The number of hydrogen-bond donors (Lipinski definition) is 2. The van der Waals surface area contributed by atoms with Crippen LogP contribution in [0.2, 0.25) is 5.02 Å². The molecule has 0 spiro atoms. The number of nitrogen functional groups attached to an aromatic ring is 1. The molecular weight excluding hydrogens is 669 g/mol. The number of alkyl halides is 3. The highest BCUT2D eigenvalue weighted by atomic mass is 35.5. The maximum Gasteiger partial charge on any atom is 0.418 e. The maximum atomic E-state index is 16.6. The molecule has 3 N–H and O–H groups in total. The number of piperazine rings is 1. The van der Waals surface area contributed by atoms with Gasteiger partial charge < -0.3 is 25.4 Å². The van der Waals surface area contributed by atoms with E-state index in [1.54, 1.807) is 6.92 Å². The lowest BCUT2D eigenvalue weighted by atomic mass is 10.0. The lowest BCUT2D eigenvalue weighted by molar-refractivity contribution is -0.137.